The Kier molecular flexibility index (Phi) is 5.22. The highest BCUT2D eigenvalue weighted by Gasteiger charge is 2.11. The van der Waals surface area contributed by atoms with E-state index < -0.39 is 0 Å². The molecule has 0 fully saturated rings. The number of nitrogens with zero attached hydrogens (tertiary/aromatic N) is 2. The quantitative estimate of drug-likeness (QED) is 0.846. The standard InChI is InChI=1S/C12H20BrN3/c1-4-16-11(12(13)10(3)15-16)8-9(2)6-5-7-14/h6H,4-5,7-8,14H2,1-3H3. The van der Waals surface area contributed by atoms with Gasteiger partial charge in [0.05, 0.1) is 15.9 Å². The average Bonchev–Trinajstić information content (AvgIpc) is 2.54. The van der Waals surface area contributed by atoms with E-state index in [1.165, 1.54) is 11.3 Å². The van der Waals surface area contributed by atoms with Gasteiger partial charge in [-0.05, 0) is 49.7 Å². The molecular weight excluding hydrogens is 266 g/mol. The van der Waals surface area contributed by atoms with Gasteiger partial charge in [-0.3, -0.25) is 4.68 Å². The molecule has 0 aliphatic heterocycles. The first kappa shape index (κ1) is 13.5. The van der Waals surface area contributed by atoms with E-state index in [0.29, 0.717) is 6.54 Å². The van der Waals surface area contributed by atoms with Crippen LogP contribution in [0.2, 0.25) is 0 Å². The van der Waals surface area contributed by atoms with Gasteiger partial charge < -0.3 is 5.73 Å². The summed E-state index contributed by atoms with van der Waals surface area (Å²) in [6, 6.07) is 0. The van der Waals surface area contributed by atoms with Gasteiger partial charge in [0.1, 0.15) is 0 Å². The molecule has 4 heteroatoms. The molecule has 0 aromatic carbocycles. The first-order chi connectivity index (χ1) is 7.60. The summed E-state index contributed by atoms with van der Waals surface area (Å²) in [6.07, 6.45) is 4.09. The Bertz CT molecular complexity index is 380. The summed E-state index contributed by atoms with van der Waals surface area (Å²) < 4.78 is 3.19. The molecular formula is C12H20BrN3. The van der Waals surface area contributed by atoms with Crippen molar-refractivity contribution in [2.24, 2.45) is 5.73 Å². The average molecular weight is 286 g/mol. The Hall–Kier alpha value is -0.610. The molecule has 0 atom stereocenters. The lowest BCUT2D eigenvalue weighted by atomic mass is 10.1. The smallest absolute Gasteiger partial charge is 0.0738 e. The van der Waals surface area contributed by atoms with Crippen molar-refractivity contribution in [3.8, 4) is 0 Å². The molecule has 2 N–H and O–H groups in total. The van der Waals surface area contributed by atoms with Crippen molar-refractivity contribution in [3.63, 3.8) is 0 Å². The van der Waals surface area contributed by atoms with Crippen LogP contribution in [0.1, 0.15) is 31.7 Å². The Balaban J connectivity index is 2.87. The second-order valence-electron chi connectivity index (χ2n) is 3.97. The highest BCUT2D eigenvalue weighted by atomic mass is 79.9. The molecule has 0 unspecified atom stereocenters. The summed E-state index contributed by atoms with van der Waals surface area (Å²) in [5, 5.41) is 4.48. The van der Waals surface area contributed by atoms with E-state index in [1.54, 1.807) is 0 Å². The monoisotopic (exact) mass is 285 g/mol. The fourth-order valence-corrected chi connectivity index (χ4v) is 2.13. The normalized spacial score (nSPS) is 12.2. The van der Waals surface area contributed by atoms with Gasteiger partial charge >= 0.3 is 0 Å². The summed E-state index contributed by atoms with van der Waals surface area (Å²) in [5.74, 6) is 0. The van der Waals surface area contributed by atoms with Crippen molar-refractivity contribution in [2.75, 3.05) is 6.54 Å². The molecule has 0 radical (unpaired) electrons. The van der Waals surface area contributed by atoms with Crippen molar-refractivity contribution in [1.82, 2.24) is 9.78 Å². The van der Waals surface area contributed by atoms with E-state index in [-0.39, 0.29) is 0 Å². The summed E-state index contributed by atoms with van der Waals surface area (Å²) in [7, 11) is 0. The molecule has 0 aliphatic carbocycles. The van der Waals surface area contributed by atoms with Crippen LogP contribution in [0.25, 0.3) is 0 Å². The van der Waals surface area contributed by atoms with E-state index in [2.05, 4.69) is 45.6 Å². The minimum absolute atomic E-state index is 0.713. The molecule has 16 heavy (non-hydrogen) atoms. The van der Waals surface area contributed by atoms with Gasteiger partial charge in [-0.2, -0.15) is 5.10 Å². The van der Waals surface area contributed by atoms with Gasteiger partial charge in [-0.15, -0.1) is 0 Å². The highest BCUT2D eigenvalue weighted by molar-refractivity contribution is 9.10. The van der Waals surface area contributed by atoms with Gasteiger partial charge in [0, 0.05) is 13.0 Å². The van der Waals surface area contributed by atoms with Crippen LogP contribution in [0.5, 0.6) is 0 Å². The molecule has 1 heterocycles. The van der Waals surface area contributed by atoms with Crippen molar-refractivity contribution >= 4 is 15.9 Å². The molecule has 0 saturated carbocycles. The van der Waals surface area contributed by atoms with E-state index in [0.717, 1.165) is 29.6 Å². The first-order valence-electron chi connectivity index (χ1n) is 5.67. The zero-order valence-electron chi connectivity index (χ0n) is 10.3. The van der Waals surface area contributed by atoms with Crippen LogP contribution in [-0.2, 0) is 13.0 Å². The van der Waals surface area contributed by atoms with Crippen molar-refractivity contribution in [1.29, 1.82) is 0 Å². The third-order valence-corrected chi connectivity index (χ3v) is 3.59. The SMILES string of the molecule is CCn1nc(C)c(Br)c1CC(C)=CCCN. The molecule has 90 valence electrons. The van der Waals surface area contributed by atoms with E-state index in [1.807, 2.05) is 6.92 Å². The third-order valence-electron chi connectivity index (χ3n) is 2.56. The Morgan fingerprint density at radius 1 is 1.56 bits per heavy atom. The van der Waals surface area contributed by atoms with Crippen molar-refractivity contribution in [3.05, 3.63) is 27.5 Å². The number of allylic oxidation sites excluding steroid dienone is 1. The predicted molar refractivity (Wildman–Crippen MR) is 71.5 cm³/mol. The number of aryl methyl sites for hydroxylation is 2. The lowest BCUT2D eigenvalue weighted by Crippen LogP contribution is -2.04. The maximum absolute atomic E-state index is 5.49. The number of aromatic nitrogens is 2. The van der Waals surface area contributed by atoms with Gasteiger partial charge in [-0.1, -0.05) is 11.6 Å². The van der Waals surface area contributed by atoms with Crippen LogP contribution in [0.15, 0.2) is 16.1 Å². The molecule has 1 aromatic rings. The van der Waals surface area contributed by atoms with Gasteiger partial charge in [0.15, 0.2) is 0 Å². The first-order valence-corrected chi connectivity index (χ1v) is 6.46. The number of hydrogen-bond acceptors (Lipinski definition) is 2. The minimum Gasteiger partial charge on any atom is -0.330 e. The maximum Gasteiger partial charge on any atom is 0.0738 e. The zero-order valence-corrected chi connectivity index (χ0v) is 11.8. The van der Waals surface area contributed by atoms with Crippen LogP contribution in [-0.4, -0.2) is 16.3 Å². The molecule has 0 bridgehead atoms. The predicted octanol–water partition coefficient (Wildman–Crippen LogP) is 2.81. The second-order valence-corrected chi connectivity index (χ2v) is 4.76. The Morgan fingerprint density at radius 3 is 2.81 bits per heavy atom. The Morgan fingerprint density at radius 2 is 2.25 bits per heavy atom. The number of hydrogen-bond donors (Lipinski definition) is 1. The van der Waals surface area contributed by atoms with Crippen LogP contribution in [0, 0.1) is 6.92 Å². The number of rotatable bonds is 5. The number of nitrogens with two attached hydrogens (primary N) is 1. The topological polar surface area (TPSA) is 43.8 Å². The summed E-state index contributed by atoms with van der Waals surface area (Å²) in [4.78, 5) is 0. The molecule has 1 rings (SSSR count). The maximum atomic E-state index is 5.49. The largest absolute Gasteiger partial charge is 0.330 e. The van der Waals surface area contributed by atoms with Crippen LogP contribution < -0.4 is 5.73 Å². The van der Waals surface area contributed by atoms with E-state index in [4.69, 9.17) is 5.73 Å². The van der Waals surface area contributed by atoms with Gasteiger partial charge in [0.25, 0.3) is 0 Å². The summed E-state index contributed by atoms with van der Waals surface area (Å²) >= 11 is 3.60. The van der Waals surface area contributed by atoms with Crippen LogP contribution in [0.4, 0.5) is 0 Å². The van der Waals surface area contributed by atoms with E-state index in [9.17, 15) is 0 Å². The molecule has 0 saturated heterocycles. The molecule has 0 spiro atoms. The van der Waals surface area contributed by atoms with Gasteiger partial charge in [0.2, 0.25) is 0 Å². The lowest BCUT2D eigenvalue weighted by Gasteiger charge is -2.06. The van der Waals surface area contributed by atoms with Crippen LogP contribution in [0.3, 0.4) is 0 Å². The summed E-state index contributed by atoms with van der Waals surface area (Å²) in [6.45, 7) is 7.90. The summed E-state index contributed by atoms with van der Waals surface area (Å²) in [5.41, 5.74) is 9.15. The molecule has 3 nitrogen and oxygen atoms in total. The minimum atomic E-state index is 0.713. The fraction of sp³-hybridized carbons (Fsp3) is 0.583. The van der Waals surface area contributed by atoms with E-state index >= 15 is 0 Å². The molecule has 0 amide bonds. The van der Waals surface area contributed by atoms with Crippen molar-refractivity contribution in [2.45, 2.75) is 40.2 Å². The highest BCUT2D eigenvalue weighted by Crippen LogP contribution is 2.23. The third kappa shape index (κ3) is 3.19. The molecule has 1 aromatic heterocycles. The van der Waals surface area contributed by atoms with Crippen molar-refractivity contribution < 1.29 is 0 Å². The number of halogens is 1. The zero-order chi connectivity index (χ0) is 12.1. The van der Waals surface area contributed by atoms with Crippen LogP contribution >= 0.6 is 15.9 Å². The lowest BCUT2D eigenvalue weighted by molar-refractivity contribution is 0.623. The second kappa shape index (κ2) is 6.21. The van der Waals surface area contributed by atoms with Gasteiger partial charge in [-0.25, -0.2) is 0 Å². The fourth-order valence-electron chi connectivity index (χ4n) is 1.70. The molecule has 0 aliphatic rings. The Labute approximate surface area is 106 Å².